The first kappa shape index (κ1) is 17.7. The van der Waals surface area contributed by atoms with Crippen molar-refractivity contribution in [2.75, 3.05) is 37.6 Å². The number of benzene rings is 1. The van der Waals surface area contributed by atoms with E-state index in [1.165, 1.54) is 10.5 Å². The number of fused-ring (bicyclic) bond motifs is 1. The average Bonchev–Trinajstić information content (AvgIpc) is 2.98. The first-order valence-electron chi connectivity index (χ1n) is 8.87. The Hall–Kier alpha value is -2.08. The number of carbonyl (C=O) groups is 2. The van der Waals surface area contributed by atoms with Gasteiger partial charge in [0.25, 0.3) is 0 Å². The maximum absolute atomic E-state index is 12.8. The highest BCUT2D eigenvalue weighted by Gasteiger charge is 2.38. The molecule has 3 rings (SSSR count). The second-order valence-electron chi connectivity index (χ2n) is 8.02. The molecule has 136 valence electrons. The van der Waals surface area contributed by atoms with Crippen LogP contribution in [0.15, 0.2) is 24.3 Å². The number of para-hydroxylation sites is 1. The van der Waals surface area contributed by atoms with Crippen LogP contribution in [0.3, 0.4) is 0 Å². The molecule has 25 heavy (non-hydrogen) atoms. The summed E-state index contributed by atoms with van der Waals surface area (Å²) in [5.41, 5.74) is 2.07. The molecule has 0 saturated carbocycles. The number of hydrogen-bond acceptors (Lipinski definition) is 3. The average molecular weight is 345 g/mol. The summed E-state index contributed by atoms with van der Waals surface area (Å²) in [6.07, 6.45) is 0.0265. The Kier molecular flexibility index (Phi) is 4.73. The normalized spacial score (nSPS) is 21.3. The van der Waals surface area contributed by atoms with E-state index in [2.05, 4.69) is 31.7 Å². The largest absolute Gasteiger partial charge is 0.465 e. The molecule has 0 bridgehead atoms. The fourth-order valence-corrected chi connectivity index (χ4v) is 3.83. The van der Waals surface area contributed by atoms with Gasteiger partial charge in [-0.2, -0.15) is 0 Å². The molecule has 1 N–H and O–H groups in total. The Morgan fingerprint density at radius 2 is 1.88 bits per heavy atom. The first-order valence-corrected chi connectivity index (χ1v) is 8.87. The van der Waals surface area contributed by atoms with Crippen molar-refractivity contribution in [2.45, 2.75) is 33.2 Å². The molecule has 1 aromatic carbocycles. The Labute approximate surface area is 149 Å². The third kappa shape index (κ3) is 3.63. The van der Waals surface area contributed by atoms with E-state index in [4.69, 9.17) is 0 Å². The van der Waals surface area contributed by atoms with Crippen molar-refractivity contribution in [1.82, 2.24) is 9.80 Å². The highest BCUT2D eigenvalue weighted by Crippen LogP contribution is 2.29. The van der Waals surface area contributed by atoms with E-state index >= 15 is 0 Å². The molecule has 1 atom stereocenters. The lowest BCUT2D eigenvalue weighted by molar-refractivity contribution is -0.120. The van der Waals surface area contributed by atoms with Crippen molar-refractivity contribution in [3.8, 4) is 0 Å². The van der Waals surface area contributed by atoms with E-state index in [-0.39, 0.29) is 17.4 Å². The van der Waals surface area contributed by atoms with E-state index in [9.17, 15) is 14.7 Å². The lowest BCUT2D eigenvalue weighted by Gasteiger charge is -2.46. The molecule has 2 heterocycles. The van der Waals surface area contributed by atoms with Crippen LogP contribution in [0.25, 0.3) is 0 Å². The van der Waals surface area contributed by atoms with Gasteiger partial charge in [-0.25, -0.2) is 4.79 Å². The first-order chi connectivity index (χ1) is 11.8. The highest BCUT2D eigenvalue weighted by molar-refractivity contribution is 5.96. The summed E-state index contributed by atoms with van der Waals surface area (Å²) in [5.74, 6) is 0.0985. The van der Waals surface area contributed by atoms with Gasteiger partial charge in [0.2, 0.25) is 5.91 Å². The summed E-state index contributed by atoms with van der Waals surface area (Å²) < 4.78 is 0. The van der Waals surface area contributed by atoms with Crippen molar-refractivity contribution in [2.24, 2.45) is 5.41 Å². The fraction of sp³-hybridized carbons (Fsp3) is 0.579. The molecular formula is C19H27N3O3. The van der Waals surface area contributed by atoms with Gasteiger partial charge >= 0.3 is 6.09 Å². The lowest BCUT2D eigenvalue weighted by Crippen LogP contribution is -2.60. The summed E-state index contributed by atoms with van der Waals surface area (Å²) in [6.45, 7) is 8.86. The number of hydrogen-bond donors (Lipinski definition) is 1. The molecule has 1 aromatic rings. The van der Waals surface area contributed by atoms with Crippen LogP contribution < -0.4 is 4.90 Å². The molecule has 0 radical (unpaired) electrons. The number of anilines is 1. The van der Waals surface area contributed by atoms with Crippen molar-refractivity contribution in [3.05, 3.63) is 29.8 Å². The van der Waals surface area contributed by atoms with Gasteiger partial charge in [0.15, 0.2) is 0 Å². The van der Waals surface area contributed by atoms with Crippen LogP contribution in [0, 0.1) is 5.41 Å². The Morgan fingerprint density at radius 3 is 2.56 bits per heavy atom. The van der Waals surface area contributed by atoms with Gasteiger partial charge in [0.1, 0.15) is 0 Å². The molecule has 0 aliphatic carbocycles. The summed E-state index contributed by atoms with van der Waals surface area (Å²) in [4.78, 5) is 29.8. The molecule has 1 fully saturated rings. The van der Waals surface area contributed by atoms with Crippen LogP contribution in [-0.4, -0.2) is 65.7 Å². The van der Waals surface area contributed by atoms with Gasteiger partial charge in [-0.15, -0.1) is 0 Å². The van der Waals surface area contributed by atoms with Gasteiger partial charge in [-0.05, 0) is 23.5 Å². The van der Waals surface area contributed by atoms with Crippen LogP contribution in [0.4, 0.5) is 10.5 Å². The van der Waals surface area contributed by atoms with E-state index in [0.29, 0.717) is 26.2 Å². The maximum atomic E-state index is 12.8. The molecule has 1 unspecified atom stereocenters. The topological polar surface area (TPSA) is 64.1 Å². The zero-order chi connectivity index (χ0) is 18.2. The zero-order valence-electron chi connectivity index (χ0n) is 15.2. The number of carbonyl (C=O) groups excluding carboxylic acids is 1. The third-order valence-electron chi connectivity index (χ3n) is 5.26. The SMILES string of the molecule is CC(C)(C)C1CN(CC(=O)N2CCc3ccccc32)CCN1C(=O)O. The molecule has 2 aliphatic rings. The van der Waals surface area contributed by atoms with E-state index < -0.39 is 6.09 Å². The van der Waals surface area contributed by atoms with Crippen LogP contribution in [0.2, 0.25) is 0 Å². The standard InChI is InChI=1S/C19H27N3O3/c1-19(2,3)16-12-20(10-11-22(16)18(24)25)13-17(23)21-9-8-14-6-4-5-7-15(14)21/h4-7,16H,8-13H2,1-3H3,(H,24,25). The van der Waals surface area contributed by atoms with Crippen LogP contribution in [0.1, 0.15) is 26.3 Å². The molecule has 2 amide bonds. The van der Waals surface area contributed by atoms with Gasteiger partial charge < -0.3 is 14.9 Å². The second-order valence-corrected chi connectivity index (χ2v) is 8.02. The lowest BCUT2D eigenvalue weighted by atomic mass is 9.84. The van der Waals surface area contributed by atoms with Gasteiger partial charge in [-0.3, -0.25) is 9.69 Å². The van der Waals surface area contributed by atoms with Gasteiger partial charge in [0.05, 0.1) is 12.6 Å². The molecular weight excluding hydrogens is 318 g/mol. The Balaban J connectivity index is 1.68. The summed E-state index contributed by atoms with van der Waals surface area (Å²) in [6, 6.07) is 7.93. The monoisotopic (exact) mass is 345 g/mol. The highest BCUT2D eigenvalue weighted by atomic mass is 16.4. The molecule has 6 nitrogen and oxygen atoms in total. The number of carboxylic acid groups (broad SMARTS) is 1. The molecule has 6 heteroatoms. The van der Waals surface area contributed by atoms with Crippen LogP contribution in [-0.2, 0) is 11.2 Å². The van der Waals surface area contributed by atoms with Crippen LogP contribution in [0.5, 0.6) is 0 Å². The van der Waals surface area contributed by atoms with Crippen molar-refractivity contribution in [3.63, 3.8) is 0 Å². The van der Waals surface area contributed by atoms with Crippen molar-refractivity contribution < 1.29 is 14.7 Å². The quantitative estimate of drug-likeness (QED) is 0.893. The van der Waals surface area contributed by atoms with Gasteiger partial charge in [-0.1, -0.05) is 39.0 Å². The maximum Gasteiger partial charge on any atom is 0.407 e. The predicted octanol–water partition coefficient (Wildman–Crippen LogP) is 2.29. The molecule has 0 aromatic heterocycles. The van der Waals surface area contributed by atoms with E-state index in [1.807, 2.05) is 23.1 Å². The fourth-order valence-electron chi connectivity index (χ4n) is 3.83. The summed E-state index contributed by atoms with van der Waals surface area (Å²) >= 11 is 0. The minimum absolute atomic E-state index is 0.0985. The number of rotatable bonds is 2. The molecule has 2 aliphatic heterocycles. The number of amides is 2. The van der Waals surface area contributed by atoms with Crippen LogP contribution >= 0.6 is 0 Å². The minimum atomic E-state index is -0.876. The van der Waals surface area contributed by atoms with E-state index in [0.717, 1.165) is 18.7 Å². The molecule has 1 saturated heterocycles. The Bertz CT molecular complexity index is 668. The van der Waals surface area contributed by atoms with E-state index in [1.54, 1.807) is 0 Å². The third-order valence-corrected chi connectivity index (χ3v) is 5.26. The van der Waals surface area contributed by atoms with Crippen molar-refractivity contribution >= 4 is 17.7 Å². The van der Waals surface area contributed by atoms with Crippen molar-refractivity contribution in [1.29, 1.82) is 0 Å². The summed E-state index contributed by atoms with van der Waals surface area (Å²) in [7, 11) is 0. The smallest absolute Gasteiger partial charge is 0.407 e. The summed E-state index contributed by atoms with van der Waals surface area (Å²) in [5, 5.41) is 9.45. The minimum Gasteiger partial charge on any atom is -0.465 e. The number of nitrogens with zero attached hydrogens (tertiary/aromatic N) is 3. The second kappa shape index (κ2) is 6.67. The predicted molar refractivity (Wildman–Crippen MR) is 96.9 cm³/mol. The molecule has 0 spiro atoms. The number of piperazine rings is 1. The van der Waals surface area contributed by atoms with Gasteiger partial charge in [0, 0.05) is 31.9 Å². The zero-order valence-corrected chi connectivity index (χ0v) is 15.2. The Morgan fingerprint density at radius 1 is 1.16 bits per heavy atom.